The summed E-state index contributed by atoms with van der Waals surface area (Å²) in [5.41, 5.74) is 0. The normalized spacial score (nSPS) is 19.3. The van der Waals surface area contributed by atoms with Gasteiger partial charge in [-0.2, -0.15) is 0 Å². The van der Waals surface area contributed by atoms with Crippen molar-refractivity contribution in [1.29, 1.82) is 0 Å². The van der Waals surface area contributed by atoms with Gasteiger partial charge in [-0.15, -0.1) is 24.0 Å². The molecular formula is C7H18INO5. The number of hydrogen-bond donors (Lipinski definition) is 6. The average Bonchev–Trinajstić information content (AvgIpc) is 2.14. The van der Waals surface area contributed by atoms with Crippen LogP contribution in [0.15, 0.2) is 0 Å². The maximum atomic E-state index is 9.21. The molecule has 0 aliphatic heterocycles. The number of nitrogens with one attached hydrogen (secondary N) is 1. The third kappa shape index (κ3) is 5.39. The Kier molecular flexibility index (Phi) is 10.6. The van der Waals surface area contributed by atoms with E-state index in [9.17, 15) is 5.11 Å². The summed E-state index contributed by atoms with van der Waals surface area (Å²) < 4.78 is 0. The van der Waals surface area contributed by atoms with Crippen LogP contribution in [0.4, 0.5) is 0 Å². The van der Waals surface area contributed by atoms with Crippen LogP contribution in [-0.2, 0) is 0 Å². The summed E-state index contributed by atoms with van der Waals surface area (Å²) in [6, 6.07) is 0. The summed E-state index contributed by atoms with van der Waals surface area (Å²) in [6.45, 7) is -0.569. The van der Waals surface area contributed by atoms with Gasteiger partial charge in [0, 0.05) is 6.54 Å². The standard InChI is InChI=1S/C7H17NO5.HI/c1-8-2-4(10)6(12)7(13)5(11)3-9;/h4-13H,2-3H2,1H3;1H/t4-,5-,6-,7-;/m1./s1. The largest absolute Gasteiger partial charge is 0.394 e. The Hall–Kier alpha value is 0.490. The van der Waals surface area contributed by atoms with E-state index >= 15 is 0 Å². The van der Waals surface area contributed by atoms with Crippen molar-refractivity contribution < 1.29 is 25.5 Å². The molecule has 0 fully saturated rings. The van der Waals surface area contributed by atoms with Gasteiger partial charge in [-0.05, 0) is 7.05 Å². The second-order valence-electron chi connectivity index (χ2n) is 2.86. The highest BCUT2D eigenvalue weighted by molar-refractivity contribution is 14.0. The Morgan fingerprint density at radius 1 is 1.00 bits per heavy atom. The first-order valence-electron chi connectivity index (χ1n) is 4.02. The fraction of sp³-hybridized carbons (Fsp3) is 1.00. The van der Waals surface area contributed by atoms with Gasteiger partial charge >= 0.3 is 0 Å². The van der Waals surface area contributed by atoms with Crippen molar-refractivity contribution in [2.24, 2.45) is 0 Å². The first kappa shape index (κ1) is 16.9. The van der Waals surface area contributed by atoms with Gasteiger partial charge in [0.15, 0.2) is 0 Å². The van der Waals surface area contributed by atoms with Crippen LogP contribution in [-0.4, -0.2) is 70.1 Å². The molecule has 0 aromatic carbocycles. The van der Waals surface area contributed by atoms with Gasteiger partial charge < -0.3 is 30.8 Å². The fourth-order valence-electron chi connectivity index (χ4n) is 0.893. The number of aliphatic hydroxyl groups is 5. The van der Waals surface area contributed by atoms with Crippen molar-refractivity contribution in [2.45, 2.75) is 24.4 Å². The molecule has 0 spiro atoms. The molecule has 4 atom stereocenters. The van der Waals surface area contributed by atoms with Gasteiger partial charge in [0.1, 0.15) is 18.3 Å². The molecule has 14 heavy (non-hydrogen) atoms. The molecule has 0 heterocycles. The Morgan fingerprint density at radius 2 is 1.43 bits per heavy atom. The van der Waals surface area contributed by atoms with E-state index in [2.05, 4.69) is 5.32 Å². The summed E-state index contributed by atoms with van der Waals surface area (Å²) in [5, 5.41) is 47.5. The van der Waals surface area contributed by atoms with Gasteiger partial charge in [-0.3, -0.25) is 0 Å². The lowest BCUT2D eigenvalue weighted by atomic mass is 10.0. The number of hydrogen-bond acceptors (Lipinski definition) is 6. The molecule has 0 aliphatic rings. The van der Waals surface area contributed by atoms with Gasteiger partial charge in [-0.25, -0.2) is 0 Å². The minimum atomic E-state index is -1.55. The molecule has 0 unspecified atom stereocenters. The average molecular weight is 323 g/mol. The van der Waals surface area contributed by atoms with E-state index in [1.54, 1.807) is 7.05 Å². The van der Waals surface area contributed by atoms with Crippen molar-refractivity contribution in [3.05, 3.63) is 0 Å². The van der Waals surface area contributed by atoms with E-state index in [1.807, 2.05) is 0 Å². The fourth-order valence-corrected chi connectivity index (χ4v) is 0.893. The van der Waals surface area contributed by atoms with E-state index in [-0.39, 0.29) is 30.5 Å². The minimum Gasteiger partial charge on any atom is -0.394 e. The second-order valence-corrected chi connectivity index (χ2v) is 2.86. The van der Waals surface area contributed by atoms with Gasteiger partial charge in [0.2, 0.25) is 0 Å². The first-order chi connectivity index (χ1) is 6.04. The van der Waals surface area contributed by atoms with Crippen LogP contribution in [0.25, 0.3) is 0 Å². The van der Waals surface area contributed by atoms with Crippen LogP contribution >= 0.6 is 24.0 Å². The Balaban J connectivity index is 0. The van der Waals surface area contributed by atoms with Crippen LogP contribution in [0.2, 0.25) is 0 Å². The molecule has 0 aromatic rings. The summed E-state index contributed by atoms with van der Waals surface area (Å²) in [4.78, 5) is 0. The third-order valence-electron chi connectivity index (χ3n) is 1.74. The number of rotatable bonds is 6. The highest BCUT2D eigenvalue weighted by Crippen LogP contribution is 2.04. The first-order valence-corrected chi connectivity index (χ1v) is 4.02. The van der Waals surface area contributed by atoms with E-state index in [4.69, 9.17) is 20.4 Å². The Bertz CT molecular complexity index is 139. The predicted molar refractivity (Wildman–Crippen MR) is 60.5 cm³/mol. The molecule has 88 valence electrons. The molecule has 7 heteroatoms. The summed E-state index contributed by atoms with van der Waals surface area (Å²) >= 11 is 0. The Labute approximate surface area is 99.6 Å². The van der Waals surface area contributed by atoms with E-state index in [0.29, 0.717) is 0 Å². The van der Waals surface area contributed by atoms with Crippen LogP contribution in [0.1, 0.15) is 0 Å². The van der Waals surface area contributed by atoms with Crippen molar-refractivity contribution >= 4 is 24.0 Å². The smallest absolute Gasteiger partial charge is 0.111 e. The summed E-state index contributed by atoms with van der Waals surface area (Å²) in [6.07, 6.45) is -5.65. The van der Waals surface area contributed by atoms with Crippen LogP contribution in [0.5, 0.6) is 0 Å². The molecule has 0 saturated carbocycles. The zero-order valence-electron chi connectivity index (χ0n) is 7.87. The molecule has 0 aliphatic carbocycles. The topological polar surface area (TPSA) is 113 Å². The zero-order chi connectivity index (χ0) is 10.4. The van der Waals surface area contributed by atoms with Crippen LogP contribution in [0.3, 0.4) is 0 Å². The minimum absolute atomic E-state index is 0. The summed E-state index contributed by atoms with van der Waals surface area (Å²) in [5.74, 6) is 0. The van der Waals surface area contributed by atoms with E-state index < -0.39 is 31.0 Å². The molecule has 0 bridgehead atoms. The summed E-state index contributed by atoms with van der Waals surface area (Å²) in [7, 11) is 1.57. The second kappa shape index (κ2) is 8.77. The van der Waals surface area contributed by atoms with Gasteiger partial charge in [0.05, 0.1) is 12.7 Å². The number of halogens is 1. The van der Waals surface area contributed by atoms with Crippen LogP contribution in [0, 0.1) is 0 Å². The predicted octanol–water partition coefficient (Wildman–Crippen LogP) is -2.74. The van der Waals surface area contributed by atoms with Crippen molar-refractivity contribution in [2.75, 3.05) is 20.2 Å². The van der Waals surface area contributed by atoms with Gasteiger partial charge in [-0.1, -0.05) is 0 Å². The van der Waals surface area contributed by atoms with Gasteiger partial charge in [0.25, 0.3) is 0 Å². The van der Waals surface area contributed by atoms with Crippen molar-refractivity contribution in [3.8, 4) is 0 Å². The lowest BCUT2D eigenvalue weighted by Gasteiger charge is -2.25. The molecule has 6 N–H and O–H groups in total. The Morgan fingerprint density at radius 3 is 1.79 bits per heavy atom. The van der Waals surface area contributed by atoms with Crippen molar-refractivity contribution in [1.82, 2.24) is 5.32 Å². The molecule has 0 saturated heterocycles. The van der Waals surface area contributed by atoms with Crippen LogP contribution < -0.4 is 5.32 Å². The third-order valence-corrected chi connectivity index (χ3v) is 1.74. The maximum absolute atomic E-state index is 9.21. The van der Waals surface area contributed by atoms with E-state index in [1.165, 1.54) is 0 Å². The molecule has 0 aromatic heterocycles. The number of likely N-dealkylation sites (N-methyl/N-ethyl adjacent to an activating group) is 1. The zero-order valence-corrected chi connectivity index (χ0v) is 10.2. The maximum Gasteiger partial charge on any atom is 0.111 e. The lowest BCUT2D eigenvalue weighted by molar-refractivity contribution is -0.113. The quantitative estimate of drug-likeness (QED) is 0.296. The molecule has 0 amide bonds. The monoisotopic (exact) mass is 323 g/mol. The highest BCUT2D eigenvalue weighted by Gasteiger charge is 2.29. The molecule has 6 nitrogen and oxygen atoms in total. The lowest BCUT2D eigenvalue weighted by Crippen LogP contribution is -2.48. The van der Waals surface area contributed by atoms with Crippen molar-refractivity contribution in [3.63, 3.8) is 0 Å². The molecule has 0 radical (unpaired) electrons. The molecule has 0 rings (SSSR count). The molecular weight excluding hydrogens is 305 g/mol. The highest BCUT2D eigenvalue weighted by atomic mass is 127. The number of aliphatic hydroxyl groups excluding tert-OH is 5. The van der Waals surface area contributed by atoms with E-state index in [0.717, 1.165) is 0 Å². The SMILES string of the molecule is CNC[C@@H](O)[C@@H](O)[C@H](O)[C@H](O)CO.I.